The van der Waals surface area contributed by atoms with Crippen LogP contribution in [0, 0.1) is 0 Å². The van der Waals surface area contributed by atoms with Gasteiger partial charge in [-0.25, -0.2) is 4.18 Å². The summed E-state index contributed by atoms with van der Waals surface area (Å²) in [5.41, 5.74) is 0. The van der Waals surface area contributed by atoms with Crippen LogP contribution in [-0.2, 0) is 24.1 Å². The Bertz CT molecular complexity index is 384. The van der Waals surface area contributed by atoms with E-state index in [1.165, 1.54) is 6.92 Å². The van der Waals surface area contributed by atoms with Gasteiger partial charge >= 0.3 is 10.4 Å². The van der Waals surface area contributed by atoms with Gasteiger partial charge in [-0.05, 0) is 0 Å². The highest BCUT2D eigenvalue weighted by Gasteiger charge is 2.37. The van der Waals surface area contributed by atoms with E-state index >= 15 is 0 Å². The lowest BCUT2D eigenvalue weighted by Gasteiger charge is -2.36. The number of rotatable bonds is 4. The first kappa shape index (κ1) is 15.3. The van der Waals surface area contributed by atoms with Crippen molar-refractivity contribution in [3.8, 4) is 0 Å². The molecular weight excluding hydrogens is 270 g/mol. The first-order valence-electron chi connectivity index (χ1n) is 5.09. The first-order valence-corrected chi connectivity index (χ1v) is 6.46. The van der Waals surface area contributed by atoms with Crippen LogP contribution < -0.4 is 5.32 Å². The fraction of sp³-hybridized carbons (Fsp3) is 0.875. The van der Waals surface area contributed by atoms with Crippen LogP contribution >= 0.6 is 0 Å². The Morgan fingerprint density at radius 1 is 1.50 bits per heavy atom. The SMILES string of the molecule is CC(=O)N[C@H]1[C@H](O)O[C@H](COS(=O)(=O)O)C[C@@H]1O. The molecule has 0 aromatic heterocycles. The van der Waals surface area contributed by atoms with Crippen molar-refractivity contribution in [1.29, 1.82) is 0 Å². The zero-order valence-electron chi connectivity index (χ0n) is 9.51. The second-order valence-corrected chi connectivity index (χ2v) is 4.98. The number of aliphatic hydroxyl groups is 2. The van der Waals surface area contributed by atoms with Crippen molar-refractivity contribution >= 4 is 16.3 Å². The summed E-state index contributed by atoms with van der Waals surface area (Å²) in [5.74, 6) is -0.450. The third kappa shape index (κ3) is 4.84. The Kier molecular flexibility index (Phi) is 5.01. The summed E-state index contributed by atoms with van der Waals surface area (Å²) >= 11 is 0. The van der Waals surface area contributed by atoms with E-state index in [-0.39, 0.29) is 6.42 Å². The smallest absolute Gasteiger partial charge is 0.391 e. The predicted molar refractivity (Wildman–Crippen MR) is 56.6 cm³/mol. The quantitative estimate of drug-likeness (QED) is 0.425. The zero-order chi connectivity index (χ0) is 13.9. The van der Waals surface area contributed by atoms with Crippen molar-refractivity contribution in [2.75, 3.05) is 6.61 Å². The Hall–Kier alpha value is -0.780. The summed E-state index contributed by atoms with van der Waals surface area (Å²) < 4.78 is 38.1. The van der Waals surface area contributed by atoms with Gasteiger partial charge in [-0.2, -0.15) is 8.42 Å². The Morgan fingerprint density at radius 2 is 2.11 bits per heavy atom. The Morgan fingerprint density at radius 3 is 2.56 bits per heavy atom. The van der Waals surface area contributed by atoms with Gasteiger partial charge < -0.3 is 20.3 Å². The van der Waals surface area contributed by atoms with Gasteiger partial charge in [0.05, 0.1) is 18.8 Å². The van der Waals surface area contributed by atoms with E-state index in [0.717, 1.165) is 0 Å². The second kappa shape index (κ2) is 5.91. The second-order valence-electron chi connectivity index (χ2n) is 3.89. The van der Waals surface area contributed by atoms with Crippen molar-refractivity contribution < 1.29 is 36.9 Å². The van der Waals surface area contributed by atoms with Crippen LogP contribution in [-0.4, -0.2) is 60.2 Å². The van der Waals surface area contributed by atoms with E-state index in [1.807, 2.05) is 0 Å². The third-order valence-corrected chi connectivity index (χ3v) is 2.76. The molecule has 9 nitrogen and oxygen atoms in total. The summed E-state index contributed by atoms with van der Waals surface area (Å²) in [6, 6.07) is -0.996. The van der Waals surface area contributed by atoms with E-state index in [4.69, 9.17) is 9.29 Å². The van der Waals surface area contributed by atoms with Gasteiger partial charge in [0, 0.05) is 13.3 Å². The maximum atomic E-state index is 10.8. The predicted octanol–water partition coefficient (Wildman–Crippen LogP) is -2.22. The molecule has 0 aromatic rings. The zero-order valence-corrected chi connectivity index (χ0v) is 10.3. The van der Waals surface area contributed by atoms with Crippen molar-refractivity contribution in [2.24, 2.45) is 0 Å². The minimum atomic E-state index is -4.60. The maximum Gasteiger partial charge on any atom is 0.397 e. The van der Waals surface area contributed by atoms with Gasteiger partial charge in [0.2, 0.25) is 5.91 Å². The van der Waals surface area contributed by atoms with E-state index in [9.17, 15) is 23.4 Å². The topological polar surface area (TPSA) is 142 Å². The highest BCUT2D eigenvalue weighted by molar-refractivity contribution is 7.80. The van der Waals surface area contributed by atoms with Crippen LogP contribution in [0.4, 0.5) is 0 Å². The van der Waals surface area contributed by atoms with Crippen molar-refractivity contribution in [2.45, 2.75) is 37.9 Å². The fourth-order valence-electron chi connectivity index (χ4n) is 1.61. The molecular formula is C8H15NO8S. The molecule has 1 aliphatic heterocycles. The number of carbonyl (C=O) groups excluding carboxylic acids is 1. The molecule has 4 atom stereocenters. The number of ether oxygens (including phenoxy) is 1. The lowest BCUT2D eigenvalue weighted by molar-refractivity contribution is -0.213. The van der Waals surface area contributed by atoms with Crippen molar-refractivity contribution in [3.63, 3.8) is 0 Å². The van der Waals surface area contributed by atoms with Gasteiger partial charge in [0.15, 0.2) is 6.29 Å². The summed E-state index contributed by atoms with van der Waals surface area (Å²) in [6.07, 6.45) is -3.58. The molecule has 1 saturated heterocycles. The van der Waals surface area contributed by atoms with Crippen LogP contribution in [0.15, 0.2) is 0 Å². The Balaban J connectivity index is 2.53. The standard InChI is InChI=1S/C8H15NO8S/c1-4(10)9-7-6(11)2-5(17-8(7)12)3-16-18(13,14)15/h5-8,11-12H,2-3H2,1H3,(H,9,10)(H,13,14,15)/t5-,6-,7+,8+/m0/s1. The minimum Gasteiger partial charge on any atom is -0.391 e. The van der Waals surface area contributed by atoms with Crippen LogP contribution in [0.1, 0.15) is 13.3 Å². The molecule has 0 unspecified atom stereocenters. The van der Waals surface area contributed by atoms with E-state index in [0.29, 0.717) is 0 Å². The normalized spacial score (nSPS) is 33.1. The lowest BCUT2D eigenvalue weighted by Crippen LogP contribution is -2.57. The molecule has 0 radical (unpaired) electrons. The van der Waals surface area contributed by atoms with Crippen molar-refractivity contribution in [3.05, 3.63) is 0 Å². The third-order valence-electron chi connectivity index (χ3n) is 2.33. The van der Waals surface area contributed by atoms with Crippen LogP contribution in [0.5, 0.6) is 0 Å². The summed E-state index contributed by atoms with van der Waals surface area (Å²) in [6.45, 7) is 0.673. The average molecular weight is 285 g/mol. The molecule has 18 heavy (non-hydrogen) atoms. The van der Waals surface area contributed by atoms with E-state index in [2.05, 4.69) is 9.50 Å². The van der Waals surface area contributed by atoms with E-state index in [1.54, 1.807) is 0 Å². The van der Waals surface area contributed by atoms with Gasteiger partial charge in [-0.15, -0.1) is 0 Å². The molecule has 1 fully saturated rings. The number of nitrogens with one attached hydrogen (secondary N) is 1. The summed E-state index contributed by atoms with van der Waals surface area (Å²) in [4.78, 5) is 10.8. The molecule has 10 heteroatoms. The van der Waals surface area contributed by atoms with Crippen molar-refractivity contribution in [1.82, 2.24) is 5.32 Å². The molecule has 0 aromatic carbocycles. The number of amides is 1. The lowest BCUT2D eigenvalue weighted by atomic mass is 10.0. The van der Waals surface area contributed by atoms with Crippen LogP contribution in [0.2, 0.25) is 0 Å². The molecule has 1 amide bonds. The maximum absolute atomic E-state index is 10.8. The van der Waals surface area contributed by atoms with Crippen LogP contribution in [0.25, 0.3) is 0 Å². The fourth-order valence-corrected chi connectivity index (χ4v) is 1.94. The largest absolute Gasteiger partial charge is 0.397 e. The minimum absolute atomic E-state index is 0.0580. The molecule has 0 bridgehead atoms. The molecule has 1 heterocycles. The van der Waals surface area contributed by atoms with Gasteiger partial charge in [0.25, 0.3) is 0 Å². The molecule has 0 spiro atoms. The summed E-state index contributed by atoms with van der Waals surface area (Å²) in [5, 5.41) is 21.5. The number of aliphatic hydroxyl groups excluding tert-OH is 2. The van der Waals surface area contributed by atoms with E-state index < -0.39 is 47.5 Å². The average Bonchev–Trinajstić information content (AvgIpc) is 2.19. The molecule has 106 valence electrons. The molecule has 4 N–H and O–H groups in total. The highest BCUT2D eigenvalue weighted by Crippen LogP contribution is 2.19. The Labute approximate surface area is 104 Å². The van der Waals surface area contributed by atoms with Gasteiger partial charge in [0.1, 0.15) is 6.04 Å². The monoisotopic (exact) mass is 285 g/mol. The summed E-state index contributed by atoms with van der Waals surface area (Å²) in [7, 11) is -4.60. The molecule has 0 saturated carbocycles. The van der Waals surface area contributed by atoms with Gasteiger partial charge in [-0.1, -0.05) is 0 Å². The number of hydrogen-bond donors (Lipinski definition) is 4. The van der Waals surface area contributed by atoms with Gasteiger partial charge in [-0.3, -0.25) is 9.35 Å². The highest BCUT2D eigenvalue weighted by atomic mass is 32.3. The molecule has 1 rings (SSSR count). The number of hydrogen-bond acceptors (Lipinski definition) is 7. The molecule has 0 aliphatic carbocycles. The van der Waals surface area contributed by atoms with Crippen LogP contribution in [0.3, 0.4) is 0 Å². The molecule has 1 aliphatic rings. The first-order chi connectivity index (χ1) is 8.19. The number of carbonyl (C=O) groups is 1.